The number of piperidine rings is 1. The Kier molecular flexibility index (Phi) is 8.94. The highest BCUT2D eigenvalue weighted by Gasteiger charge is 2.27. The van der Waals surface area contributed by atoms with Crippen LogP contribution in [0, 0.1) is 10.1 Å². The van der Waals surface area contributed by atoms with Gasteiger partial charge in [-0.05, 0) is 43.6 Å². The highest BCUT2D eigenvalue weighted by atomic mass is 16.6. The Morgan fingerprint density at radius 2 is 1.50 bits per heavy atom. The fraction of sp³-hybridized carbons (Fsp3) is 0.417. The second-order valence-corrected chi connectivity index (χ2v) is 8.40. The fourth-order valence-corrected chi connectivity index (χ4v) is 4.45. The third kappa shape index (κ3) is 7.26. The molecule has 0 bridgehead atoms. The Morgan fingerprint density at radius 1 is 0.882 bits per heavy atom. The van der Waals surface area contributed by atoms with Crippen molar-refractivity contribution in [3.05, 3.63) is 70.3 Å². The summed E-state index contributed by atoms with van der Waals surface area (Å²) in [6.45, 7) is 7.37. The number of non-ortho nitro benzene ring substituents is 1. The van der Waals surface area contributed by atoms with Crippen LogP contribution in [0.3, 0.4) is 0 Å². The molecule has 182 valence electrons. The van der Waals surface area contributed by atoms with Crippen LogP contribution in [0.25, 0.3) is 0 Å². The van der Waals surface area contributed by atoms with E-state index in [1.54, 1.807) is 18.2 Å². The molecule has 2 fully saturated rings. The summed E-state index contributed by atoms with van der Waals surface area (Å²) in [6.07, 6.45) is 2.36. The van der Waals surface area contributed by atoms with Gasteiger partial charge in [0.15, 0.2) is 0 Å². The molecule has 2 aromatic rings. The molecule has 0 saturated carbocycles. The van der Waals surface area contributed by atoms with Gasteiger partial charge >= 0.3 is 11.9 Å². The molecule has 0 aliphatic carbocycles. The zero-order chi connectivity index (χ0) is 24.5. The minimum absolute atomic E-state index is 0.184. The first-order valence-electron chi connectivity index (χ1n) is 11.3. The molecule has 2 N–H and O–H groups in total. The van der Waals surface area contributed by atoms with Crippen molar-refractivity contribution < 1.29 is 24.7 Å². The van der Waals surface area contributed by atoms with Crippen molar-refractivity contribution in [2.45, 2.75) is 25.4 Å². The SMILES string of the molecule is O=C(O)C(=O)O.O=[N+]([O-])c1cccc(CN2CCC(N3CCN(c4ccccc4)CC3)CC2)c1. The van der Waals surface area contributed by atoms with E-state index < -0.39 is 11.9 Å². The lowest BCUT2D eigenvalue weighted by molar-refractivity contribution is -0.384. The van der Waals surface area contributed by atoms with Gasteiger partial charge in [-0.2, -0.15) is 0 Å². The number of nitrogens with zero attached hydrogens (tertiary/aromatic N) is 4. The van der Waals surface area contributed by atoms with E-state index in [-0.39, 0.29) is 10.6 Å². The summed E-state index contributed by atoms with van der Waals surface area (Å²) < 4.78 is 0. The zero-order valence-corrected chi connectivity index (χ0v) is 19.0. The Bertz CT molecular complexity index is 958. The highest BCUT2D eigenvalue weighted by Crippen LogP contribution is 2.23. The second-order valence-electron chi connectivity index (χ2n) is 8.40. The smallest absolute Gasteiger partial charge is 0.414 e. The van der Waals surface area contributed by atoms with Crippen molar-refractivity contribution in [3.8, 4) is 0 Å². The molecule has 0 atom stereocenters. The number of nitro benzene ring substituents is 1. The summed E-state index contributed by atoms with van der Waals surface area (Å²) in [5.41, 5.74) is 2.54. The van der Waals surface area contributed by atoms with Crippen LogP contribution in [0.4, 0.5) is 11.4 Å². The first-order chi connectivity index (χ1) is 16.3. The summed E-state index contributed by atoms with van der Waals surface area (Å²) in [7, 11) is 0. The van der Waals surface area contributed by atoms with Gasteiger partial charge in [0.05, 0.1) is 4.92 Å². The Labute approximate surface area is 198 Å². The van der Waals surface area contributed by atoms with Gasteiger partial charge in [-0.1, -0.05) is 30.3 Å². The van der Waals surface area contributed by atoms with Gasteiger partial charge in [-0.3, -0.25) is 19.9 Å². The minimum Gasteiger partial charge on any atom is -0.473 e. The lowest BCUT2D eigenvalue weighted by Crippen LogP contribution is -2.53. The van der Waals surface area contributed by atoms with Gasteiger partial charge in [0.2, 0.25) is 0 Å². The van der Waals surface area contributed by atoms with Gasteiger partial charge in [0.1, 0.15) is 0 Å². The fourth-order valence-electron chi connectivity index (χ4n) is 4.45. The van der Waals surface area contributed by atoms with Crippen molar-refractivity contribution in [2.24, 2.45) is 0 Å². The van der Waals surface area contributed by atoms with Crippen molar-refractivity contribution in [1.82, 2.24) is 9.80 Å². The average Bonchev–Trinajstić information content (AvgIpc) is 2.86. The van der Waals surface area contributed by atoms with Gasteiger partial charge < -0.3 is 15.1 Å². The normalized spacial score (nSPS) is 17.5. The predicted molar refractivity (Wildman–Crippen MR) is 127 cm³/mol. The quantitative estimate of drug-likeness (QED) is 0.385. The van der Waals surface area contributed by atoms with Gasteiger partial charge in [0.25, 0.3) is 5.69 Å². The lowest BCUT2D eigenvalue weighted by Gasteiger charge is -2.43. The molecule has 0 amide bonds. The van der Waals surface area contributed by atoms with Gasteiger partial charge in [-0.15, -0.1) is 0 Å². The van der Waals surface area contributed by atoms with E-state index in [9.17, 15) is 10.1 Å². The molecule has 0 spiro atoms. The summed E-state index contributed by atoms with van der Waals surface area (Å²) >= 11 is 0. The molecule has 10 heteroatoms. The van der Waals surface area contributed by atoms with Crippen LogP contribution in [0.15, 0.2) is 54.6 Å². The van der Waals surface area contributed by atoms with Gasteiger partial charge in [0, 0.05) is 56.6 Å². The van der Waals surface area contributed by atoms with Crippen molar-refractivity contribution >= 4 is 23.3 Å². The van der Waals surface area contributed by atoms with Crippen LogP contribution >= 0.6 is 0 Å². The van der Waals surface area contributed by atoms with Crippen LogP contribution in [0.2, 0.25) is 0 Å². The number of hydrogen-bond donors (Lipinski definition) is 2. The maximum absolute atomic E-state index is 11.0. The minimum atomic E-state index is -1.82. The zero-order valence-electron chi connectivity index (χ0n) is 19.0. The molecule has 4 rings (SSSR count). The molecule has 2 heterocycles. The monoisotopic (exact) mass is 470 g/mol. The molecule has 0 unspecified atom stereocenters. The summed E-state index contributed by atoms with van der Waals surface area (Å²) in [5.74, 6) is -3.65. The number of hydrogen-bond acceptors (Lipinski definition) is 7. The van der Waals surface area contributed by atoms with Crippen LogP contribution < -0.4 is 4.90 Å². The molecule has 2 aliphatic heterocycles. The number of piperazine rings is 1. The highest BCUT2D eigenvalue weighted by molar-refractivity contribution is 6.27. The van der Waals surface area contributed by atoms with Crippen LogP contribution in [0.1, 0.15) is 18.4 Å². The average molecular weight is 471 g/mol. The van der Waals surface area contributed by atoms with E-state index in [4.69, 9.17) is 19.8 Å². The maximum Gasteiger partial charge on any atom is 0.414 e. The van der Waals surface area contributed by atoms with E-state index >= 15 is 0 Å². The molecule has 2 aromatic carbocycles. The number of carboxylic acids is 2. The van der Waals surface area contributed by atoms with E-state index in [2.05, 4.69) is 45.0 Å². The summed E-state index contributed by atoms with van der Waals surface area (Å²) in [4.78, 5) is 36.4. The Morgan fingerprint density at radius 3 is 2.06 bits per heavy atom. The number of carbonyl (C=O) groups is 2. The largest absolute Gasteiger partial charge is 0.473 e. The molecule has 0 aromatic heterocycles. The van der Waals surface area contributed by atoms with Gasteiger partial charge in [-0.25, -0.2) is 9.59 Å². The Hall–Kier alpha value is -3.50. The van der Waals surface area contributed by atoms with E-state index in [0.717, 1.165) is 51.4 Å². The predicted octanol–water partition coefficient (Wildman–Crippen LogP) is 2.54. The number of carboxylic acid groups (broad SMARTS) is 2. The van der Waals surface area contributed by atoms with Crippen LogP contribution in [-0.4, -0.2) is 82.2 Å². The molecular weight excluding hydrogens is 440 g/mol. The molecule has 10 nitrogen and oxygen atoms in total. The van der Waals surface area contributed by atoms with Crippen molar-refractivity contribution in [1.29, 1.82) is 0 Å². The number of rotatable bonds is 5. The molecule has 2 aliphatic rings. The first kappa shape index (κ1) is 25.1. The molecule has 2 saturated heterocycles. The van der Waals surface area contributed by atoms with Crippen molar-refractivity contribution in [2.75, 3.05) is 44.2 Å². The molecule has 34 heavy (non-hydrogen) atoms. The number of likely N-dealkylation sites (tertiary alicyclic amines) is 1. The first-order valence-corrected chi connectivity index (χ1v) is 11.3. The number of aliphatic carboxylic acids is 2. The number of benzene rings is 2. The standard InChI is InChI=1S/C22H28N4O2.C2H2O4/c27-26(28)22-8-4-5-19(17-22)18-23-11-9-21(10-12-23)25-15-13-24(14-16-25)20-6-2-1-3-7-20;3-1(4)2(5)6/h1-8,17,21H,9-16,18H2;(H,3,4)(H,5,6). The van der Waals surface area contributed by atoms with E-state index in [0.29, 0.717) is 6.04 Å². The number of anilines is 1. The number of nitro groups is 1. The Balaban J connectivity index is 0.000000481. The second kappa shape index (κ2) is 12.1. The number of para-hydroxylation sites is 1. The summed E-state index contributed by atoms with van der Waals surface area (Å²) in [5, 5.41) is 25.7. The van der Waals surface area contributed by atoms with E-state index in [1.165, 1.54) is 18.5 Å². The third-order valence-electron chi connectivity index (χ3n) is 6.22. The van der Waals surface area contributed by atoms with E-state index in [1.807, 2.05) is 6.07 Å². The summed E-state index contributed by atoms with van der Waals surface area (Å²) in [6, 6.07) is 18.4. The molecular formula is C24H30N4O6. The molecule has 0 radical (unpaired) electrons. The topological polar surface area (TPSA) is 127 Å². The van der Waals surface area contributed by atoms with Crippen LogP contribution in [-0.2, 0) is 16.1 Å². The third-order valence-corrected chi connectivity index (χ3v) is 6.22. The lowest BCUT2D eigenvalue weighted by atomic mass is 10.0. The van der Waals surface area contributed by atoms with Crippen LogP contribution in [0.5, 0.6) is 0 Å². The maximum atomic E-state index is 11.0. The van der Waals surface area contributed by atoms with Crippen molar-refractivity contribution in [3.63, 3.8) is 0 Å².